The highest BCUT2D eigenvalue weighted by Crippen LogP contribution is 2.66. The molecule has 0 radical (unpaired) electrons. The van der Waals surface area contributed by atoms with Crippen LogP contribution in [-0.4, -0.2) is 24.3 Å². The number of aliphatic hydroxyl groups is 1. The fourth-order valence-corrected chi connectivity index (χ4v) is 8.20. The van der Waals surface area contributed by atoms with Gasteiger partial charge in [-0.3, -0.25) is 4.79 Å². The van der Waals surface area contributed by atoms with Crippen LogP contribution in [0.1, 0.15) is 78.6 Å². The van der Waals surface area contributed by atoms with E-state index in [0.29, 0.717) is 35.5 Å². The third kappa shape index (κ3) is 3.16. The summed E-state index contributed by atoms with van der Waals surface area (Å²) in [6.07, 6.45) is 15.1. The molecule has 0 heterocycles. The lowest BCUT2D eigenvalue weighted by Gasteiger charge is -2.58. The van der Waals surface area contributed by atoms with E-state index < -0.39 is 0 Å². The van der Waals surface area contributed by atoms with Crippen molar-refractivity contribution in [3.63, 3.8) is 0 Å². The molecule has 3 heteroatoms. The topological polar surface area (TPSA) is 46.5 Å². The maximum absolute atomic E-state index is 11.6. The number of esters is 1. The Kier molecular flexibility index (Phi) is 5.44. The van der Waals surface area contributed by atoms with Gasteiger partial charge in [0.15, 0.2) is 0 Å². The van der Waals surface area contributed by atoms with Crippen molar-refractivity contribution in [2.75, 3.05) is 7.11 Å². The monoisotopic (exact) mass is 388 g/mol. The average Bonchev–Trinajstić information content (AvgIpc) is 3.03. The molecule has 0 aromatic heterocycles. The van der Waals surface area contributed by atoms with Gasteiger partial charge in [-0.1, -0.05) is 32.9 Å². The summed E-state index contributed by atoms with van der Waals surface area (Å²) in [7, 11) is 1.49. The van der Waals surface area contributed by atoms with Crippen molar-refractivity contribution in [2.24, 2.45) is 46.3 Å². The van der Waals surface area contributed by atoms with Gasteiger partial charge in [-0.25, -0.2) is 0 Å². The zero-order valence-corrected chi connectivity index (χ0v) is 18.3. The zero-order valence-electron chi connectivity index (χ0n) is 18.3. The molecule has 3 nitrogen and oxygen atoms in total. The lowest BCUT2D eigenvalue weighted by molar-refractivity contribution is -0.141. The predicted octanol–water partition coefficient (Wildman–Crippen LogP) is 5.37. The number of hydrogen-bond donors (Lipinski definition) is 1. The normalized spacial score (nSPS) is 48.3. The minimum absolute atomic E-state index is 0.0704. The van der Waals surface area contributed by atoms with Gasteiger partial charge in [0.1, 0.15) is 0 Å². The molecule has 28 heavy (non-hydrogen) atoms. The van der Waals surface area contributed by atoms with Gasteiger partial charge in [0.25, 0.3) is 0 Å². The van der Waals surface area contributed by atoms with E-state index in [0.717, 1.165) is 31.1 Å². The van der Waals surface area contributed by atoms with Gasteiger partial charge in [-0.05, 0) is 97.7 Å². The summed E-state index contributed by atoms with van der Waals surface area (Å²) >= 11 is 0. The van der Waals surface area contributed by atoms with Crippen LogP contribution in [0.25, 0.3) is 0 Å². The highest BCUT2D eigenvalue weighted by atomic mass is 16.5. The van der Waals surface area contributed by atoms with Crippen LogP contribution < -0.4 is 0 Å². The molecule has 0 saturated heterocycles. The van der Waals surface area contributed by atoms with Crippen LogP contribution in [0.3, 0.4) is 0 Å². The van der Waals surface area contributed by atoms with Crippen molar-refractivity contribution in [1.29, 1.82) is 0 Å². The average molecular weight is 389 g/mol. The summed E-state index contributed by atoms with van der Waals surface area (Å²) in [6, 6.07) is 0. The second kappa shape index (κ2) is 7.45. The minimum atomic E-state index is -0.0727. The number of methoxy groups -OCH3 is 1. The Morgan fingerprint density at radius 2 is 2.00 bits per heavy atom. The summed E-state index contributed by atoms with van der Waals surface area (Å²) in [6.45, 7) is 7.39. The van der Waals surface area contributed by atoms with E-state index in [1.807, 2.05) is 0 Å². The maximum Gasteiger partial charge on any atom is 0.305 e. The van der Waals surface area contributed by atoms with Gasteiger partial charge in [-0.15, -0.1) is 0 Å². The molecule has 4 aliphatic carbocycles. The number of carbonyl (C=O) groups excluding carboxylic acids is 1. The molecule has 4 rings (SSSR count). The van der Waals surface area contributed by atoms with E-state index >= 15 is 0 Å². The van der Waals surface area contributed by atoms with Gasteiger partial charge < -0.3 is 9.84 Å². The van der Waals surface area contributed by atoms with Crippen LogP contribution in [0.4, 0.5) is 0 Å². The van der Waals surface area contributed by atoms with Crippen LogP contribution in [0.5, 0.6) is 0 Å². The summed E-state index contributed by atoms with van der Waals surface area (Å²) in [4.78, 5) is 11.6. The van der Waals surface area contributed by atoms with Crippen LogP contribution in [-0.2, 0) is 9.53 Å². The maximum atomic E-state index is 11.6. The van der Waals surface area contributed by atoms with E-state index in [4.69, 9.17) is 4.74 Å². The molecule has 1 N–H and O–H groups in total. The first-order valence-corrected chi connectivity index (χ1v) is 11.7. The highest BCUT2D eigenvalue weighted by Gasteiger charge is 2.58. The Morgan fingerprint density at radius 1 is 1.21 bits per heavy atom. The SMILES string of the molecule is COC(=O)CC[C@H](C)[C@@H]1CC[C@@H]2[C@@H]3CC[C@@H]4C[C@H](O)CC[C@]4(C)[C@@H]3C=C[C@]21C. The molecule has 0 bridgehead atoms. The number of hydrogen-bond acceptors (Lipinski definition) is 3. The third-order valence-corrected chi connectivity index (χ3v) is 9.86. The van der Waals surface area contributed by atoms with Crippen molar-refractivity contribution in [3.05, 3.63) is 12.2 Å². The summed E-state index contributed by atoms with van der Waals surface area (Å²) in [5, 5.41) is 10.2. The largest absolute Gasteiger partial charge is 0.469 e. The Hall–Kier alpha value is -0.830. The van der Waals surface area contributed by atoms with Gasteiger partial charge in [0, 0.05) is 6.42 Å². The molecule has 3 saturated carbocycles. The molecule has 0 aliphatic heterocycles. The van der Waals surface area contributed by atoms with Crippen molar-refractivity contribution in [3.8, 4) is 0 Å². The van der Waals surface area contributed by atoms with Crippen LogP contribution in [0.15, 0.2) is 12.2 Å². The Morgan fingerprint density at radius 3 is 2.75 bits per heavy atom. The minimum Gasteiger partial charge on any atom is -0.469 e. The summed E-state index contributed by atoms with van der Waals surface area (Å²) in [5.41, 5.74) is 0.669. The molecular formula is C25H40O3. The first-order chi connectivity index (χ1) is 13.3. The molecule has 4 aliphatic rings. The zero-order chi connectivity index (χ0) is 20.1. The second-order valence-corrected chi connectivity index (χ2v) is 11.0. The molecular weight excluding hydrogens is 348 g/mol. The smallest absolute Gasteiger partial charge is 0.305 e. The quantitative estimate of drug-likeness (QED) is 0.520. The Labute approximate surface area is 171 Å². The fraction of sp³-hybridized carbons (Fsp3) is 0.880. The van der Waals surface area contributed by atoms with Gasteiger partial charge >= 0.3 is 5.97 Å². The van der Waals surface area contributed by atoms with Crippen LogP contribution >= 0.6 is 0 Å². The molecule has 0 aromatic rings. The van der Waals surface area contributed by atoms with Gasteiger partial charge in [-0.2, -0.15) is 0 Å². The molecule has 158 valence electrons. The summed E-state index contributed by atoms with van der Waals surface area (Å²) in [5.74, 6) is 4.16. The summed E-state index contributed by atoms with van der Waals surface area (Å²) < 4.78 is 4.86. The molecule has 0 aromatic carbocycles. The Bertz CT molecular complexity index is 627. The molecule has 9 atom stereocenters. The molecule has 0 amide bonds. The lowest BCUT2D eigenvalue weighted by Crippen LogP contribution is -2.52. The Balaban J connectivity index is 1.53. The number of ether oxygens (including phenoxy) is 1. The highest BCUT2D eigenvalue weighted by molar-refractivity contribution is 5.69. The number of aliphatic hydroxyl groups excluding tert-OH is 1. The van der Waals surface area contributed by atoms with E-state index in [9.17, 15) is 9.90 Å². The lowest BCUT2D eigenvalue weighted by atomic mass is 9.46. The second-order valence-electron chi connectivity index (χ2n) is 11.0. The van der Waals surface area contributed by atoms with E-state index in [1.165, 1.54) is 39.2 Å². The molecule has 0 unspecified atom stereocenters. The van der Waals surface area contributed by atoms with E-state index in [-0.39, 0.29) is 17.5 Å². The first-order valence-electron chi connectivity index (χ1n) is 11.7. The van der Waals surface area contributed by atoms with Crippen LogP contribution in [0, 0.1) is 46.3 Å². The fourth-order valence-electron chi connectivity index (χ4n) is 8.20. The number of allylic oxidation sites excluding steroid dienone is 2. The standard InChI is InChI=1S/C25H40O3/c1-16(5-10-23(27)28-4)20-8-9-21-19-7-6-17-15-18(26)11-13-24(17,2)22(19)12-14-25(20,21)3/h12,14,16-22,26H,5-11,13,15H2,1-4H3/t16-,17+,18+,19-,20-,21+,22+,24-,25-/m0/s1. The number of rotatable bonds is 4. The molecule has 3 fully saturated rings. The van der Waals surface area contributed by atoms with Crippen molar-refractivity contribution >= 4 is 5.97 Å². The van der Waals surface area contributed by atoms with Crippen molar-refractivity contribution in [2.45, 2.75) is 84.7 Å². The van der Waals surface area contributed by atoms with Crippen molar-refractivity contribution < 1.29 is 14.6 Å². The third-order valence-electron chi connectivity index (χ3n) is 9.86. The number of fused-ring (bicyclic) bond motifs is 5. The van der Waals surface area contributed by atoms with Crippen molar-refractivity contribution in [1.82, 2.24) is 0 Å². The number of carbonyl (C=O) groups is 1. The van der Waals surface area contributed by atoms with E-state index in [2.05, 4.69) is 32.9 Å². The molecule has 0 spiro atoms. The predicted molar refractivity (Wildman–Crippen MR) is 112 cm³/mol. The van der Waals surface area contributed by atoms with Gasteiger partial charge in [0.2, 0.25) is 0 Å². The van der Waals surface area contributed by atoms with E-state index in [1.54, 1.807) is 0 Å². The van der Waals surface area contributed by atoms with Crippen LogP contribution in [0.2, 0.25) is 0 Å². The van der Waals surface area contributed by atoms with Gasteiger partial charge in [0.05, 0.1) is 13.2 Å². The first kappa shape index (κ1) is 20.4.